The Hall–Kier alpha value is -2.03. The van der Waals surface area contributed by atoms with Gasteiger partial charge in [-0.15, -0.1) is 0 Å². The highest BCUT2D eigenvalue weighted by Crippen LogP contribution is 2.29. The fourth-order valence-corrected chi connectivity index (χ4v) is 2.42. The van der Waals surface area contributed by atoms with Gasteiger partial charge in [0.1, 0.15) is 11.8 Å². The third-order valence-corrected chi connectivity index (χ3v) is 3.46. The summed E-state index contributed by atoms with van der Waals surface area (Å²) >= 11 is 0. The van der Waals surface area contributed by atoms with E-state index in [1.807, 2.05) is 30.3 Å². The van der Waals surface area contributed by atoms with Crippen molar-refractivity contribution in [1.82, 2.24) is 4.90 Å². The van der Waals surface area contributed by atoms with E-state index in [2.05, 4.69) is 11.8 Å². The van der Waals surface area contributed by atoms with E-state index in [1.54, 1.807) is 13.8 Å². The normalized spacial score (nSPS) is 21.5. The van der Waals surface area contributed by atoms with Gasteiger partial charge in [0.25, 0.3) is 0 Å². The number of carbonyl (C=O) groups is 1. The van der Waals surface area contributed by atoms with Gasteiger partial charge < -0.3 is 14.6 Å². The summed E-state index contributed by atoms with van der Waals surface area (Å²) in [4.78, 5) is 12.7. The Kier molecular flexibility index (Phi) is 4.51. The molecule has 0 aliphatic carbocycles. The lowest BCUT2D eigenvalue weighted by molar-refractivity contribution is -0.0458. The van der Waals surface area contributed by atoms with E-state index in [1.165, 1.54) is 12.0 Å². The number of rotatable bonds is 2. The van der Waals surface area contributed by atoms with Crippen LogP contribution in [0.4, 0.5) is 4.79 Å². The van der Waals surface area contributed by atoms with Crippen molar-refractivity contribution in [2.24, 2.45) is 0 Å². The molecule has 0 bridgehead atoms. The van der Waals surface area contributed by atoms with Crippen LogP contribution >= 0.6 is 0 Å². The molecule has 1 aliphatic heterocycles. The number of ether oxygens (including phenoxy) is 2. The lowest BCUT2D eigenvalue weighted by Gasteiger charge is -2.32. The van der Waals surface area contributed by atoms with Crippen molar-refractivity contribution in [1.29, 1.82) is 0 Å². The monoisotopic (exact) mass is 289 g/mol. The van der Waals surface area contributed by atoms with Gasteiger partial charge in [-0.3, -0.25) is 4.90 Å². The molecule has 5 nitrogen and oxygen atoms in total. The fraction of sp³-hybridized carbons (Fsp3) is 0.438. The first kappa shape index (κ1) is 15.4. The van der Waals surface area contributed by atoms with Gasteiger partial charge in [-0.05, 0) is 26.0 Å². The Balaban J connectivity index is 2.22. The Labute approximate surface area is 124 Å². The molecule has 2 rings (SSSR count). The molecule has 1 aromatic carbocycles. The van der Waals surface area contributed by atoms with E-state index in [-0.39, 0.29) is 6.61 Å². The zero-order chi connectivity index (χ0) is 15.5. The van der Waals surface area contributed by atoms with Gasteiger partial charge in [-0.1, -0.05) is 30.0 Å². The molecule has 112 valence electrons. The largest absolute Gasteiger partial charge is 0.465 e. The standard InChI is InChI=1S/C16H19NO4/c1-16(2)17(15(18)19)13(11-21-16)14(20-3)10-9-12-7-5-4-6-8-12/h4-8,13-14H,11H2,1-3H3,(H,18,19). The number of carboxylic acid groups (broad SMARTS) is 1. The molecule has 0 radical (unpaired) electrons. The van der Waals surface area contributed by atoms with Crippen molar-refractivity contribution in [3.05, 3.63) is 35.9 Å². The molecule has 0 aromatic heterocycles. The topological polar surface area (TPSA) is 59.0 Å². The third-order valence-electron chi connectivity index (χ3n) is 3.46. The summed E-state index contributed by atoms with van der Waals surface area (Å²) in [5.74, 6) is 6.00. The fourth-order valence-electron chi connectivity index (χ4n) is 2.42. The number of hydrogen-bond acceptors (Lipinski definition) is 3. The Morgan fingerprint density at radius 3 is 2.71 bits per heavy atom. The number of hydrogen-bond donors (Lipinski definition) is 1. The molecule has 1 amide bonds. The van der Waals surface area contributed by atoms with Crippen LogP contribution in [0, 0.1) is 11.8 Å². The zero-order valence-corrected chi connectivity index (χ0v) is 12.4. The van der Waals surface area contributed by atoms with Gasteiger partial charge in [0, 0.05) is 12.7 Å². The second-order valence-electron chi connectivity index (χ2n) is 5.27. The molecule has 1 heterocycles. The van der Waals surface area contributed by atoms with Crippen LogP contribution in [0.3, 0.4) is 0 Å². The van der Waals surface area contributed by atoms with Crippen molar-refractivity contribution in [2.75, 3.05) is 13.7 Å². The molecule has 1 aliphatic rings. The lowest BCUT2D eigenvalue weighted by atomic mass is 10.1. The van der Waals surface area contributed by atoms with Crippen LogP contribution in [-0.2, 0) is 9.47 Å². The first-order chi connectivity index (χ1) is 9.95. The van der Waals surface area contributed by atoms with Crippen LogP contribution in [0.1, 0.15) is 19.4 Å². The third kappa shape index (κ3) is 3.35. The Bertz CT molecular complexity index is 559. The number of nitrogens with zero attached hydrogens (tertiary/aromatic N) is 1. The van der Waals surface area contributed by atoms with Crippen molar-refractivity contribution < 1.29 is 19.4 Å². The van der Waals surface area contributed by atoms with E-state index in [4.69, 9.17) is 9.47 Å². The number of benzene rings is 1. The molecule has 1 fully saturated rings. The van der Waals surface area contributed by atoms with Crippen LogP contribution in [0.5, 0.6) is 0 Å². The predicted octanol–water partition coefficient (Wildman–Crippen LogP) is 2.17. The second kappa shape index (κ2) is 6.17. The summed E-state index contributed by atoms with van der Waals surface area (Å²) in [7, 11) is 1.52. The second-order valence-corrected chi connectivity index (χ2v) is 5.27. The molecule has 21 heavy (non-hydrogen) atoms. The summed E-state index contributed by atoms with van der Waals surface area (Å²) in [6.45, 7) is 3.71. The molecule has 0 spiro atoms. The first-order valence-electron chi connectivity index (χ1n) is 6.71. The van der Waals surface area contributed by atoms with Crippen LogP contribution in [0.25, 0.3) is 0 Å². The van der Waals surface area contributed by atoms with Crippen LogP contribution < -0.4 is 0 Å². The smallest absolute Gasteiger partial charge is 0.410 e. The Morgan fingerprint density at radius 1 is 1.48 bits per heavy atom. The van der Waals surface area contributed by atoms with E-state index >= 15 is 0 Å². The van der Waals surface area contributed by atoms with Crippen molar-refractivity contribution in [2.45, 2.75) is 31.7 Å². The summed E-state index contributed by atoms with van der Waals surface area (Å²) in [6.07, 6.45) is -1.57. The quantitative estimate of drug-likeness (QED) is 0.848. The molecule has 1 saturated heterocycles. The molecule has 2 unspecified atom stereocenters. The van der Waals surface area contributed by atoms with Gasteiger partial charge in [0.2, 0.25) is 0 Å². The number of methoxy groups -OCH3 is 1. The van der Waals surface area contributed by atoms with E-state index in [0.717, 1.165) is 5.56 Å². The maximum absolute atomic E-state index is 11.5. The van der Waals surface area contributed by atoms with E-state index < -0.39 is 24.0 Å². The average Bonchev–Trinajstić information content (AvgIpc) is 2.76. The minimum atomic E-state index is -1.04. The van der Waals surface area contributed by atoms with E-state index in [9.17, 15) is 9.90 Å². The van der Waals surface area contributed by atoms with E-state index in [0.29, 0.717) is 0 Å². The van der Waals surface area contributed by atoms with Crippen molar-refractivity contribution in [3.63, 3.8) is 0 Å². The molecule has 5 heteroatoms. The van der Waals surface area contributed by atoms with Crippen LogP contribution in [0.2, 0.25) is 0 Å². The van der Waals surface area contributed by atoms with Gasteiger partial charge in [-0.2, -0.15) is 0 Å². The highest BCUT2D eigenvalue weighted by atomic mass is 16.5. The van der Waals surface area contributed by atoms with Crippen LogP contribution in [-0.4, -0.2) is 47.7 Å². The maximum atomic E-state index is 11.5. The summed E-state index contributed by atoms with van der Waals surface area (Å²) in [6, 6.07) is 9.05. The van der Waals surface area contributed by atoms with Gasteiger partial charge in [0.15, 0.2) is 0 Å². The molecule has 1 aromatic rings. The maximum Gasteiger partial charge on any atom is 0.410 e. The summed E-state index contributed by atoms with van der Waals surface area (Å²) < 4.78 is 10.9. The van der Waals surface area contributed by atoms with Crippen LogP contribution in [0.15, 0.2) is 30.3 Å². The zero-order valence-electron chi connectivity index (χ0n) is 12.4. The Morgan fingerprint density at radius 2 is 2.14 bits per heavy atom. The summed E-state index contributed by atoms with van der Waals surface area (Å²) in [5.41, 5.74) is -0.0126. The van der Waals surface area contributed by atoms with Crippen molar-refractivity contribution in [3.8, 4) is 11.8 Å². The van der Waals surface area contributed by atoms with Gasteiger partial charge >= 0.3 is 6.09 Å². The lowest BCUT2D eigenvalue weighted by Crippen LogP contribution is -2.51. The SMILES string of the molecule is COC(C#Cc1ccccc1)C1COC(C)(C)N1C(=O)O. The first-order valence-corrected chi connectivity index (χ1v) is 6.71. The predicted molar refractivity (Wildman–Crippen MR) is 77.8 cm³/mol. The highest BCUT2D eigenvalue weighted by Gasteiger charge is 2.47. The van der Waals surface area contributed by atoms with Gasteiger partial charge in [-0.25, -0.2) is 4.79 Å². The molecular weight excluding hydrogens is 270 g/mol. The average molecular weight is 289 g/mol. The molecule has 1 N–H and O–H groups in total. The molecule has 2 atom stereocenters. The summed E-state index contributed by atoms with van der Waals surface area (Å²) in [5, 5.41) is 9.39. The molecular formula is C16H19NO4. The minimum absolute atomic E-state index is 0.265. The van der Waals surface area contributed by atoms with Crippen molar-refractivity contribution >= 4 is 6.09 Å². The molecule has 0 saturated carbocycles. The number of amides is 1. The highest BCUT2D eigenvalue weighted by molar-refractivity contribution is 5.67. The minimum Gasteiger partial charge on any atom is -0.465 e. The van der Waals surface area contributed by atoms with Gasteiger partial charge in [0.05, 0.1) is 12.6 Å².